The van der Waals surface area contributed by atoms with Crippen LogP contribution in [-0.4, -0.2) is 9.97 Å². The van der Waals surface area contributed by atoms with Crippen LogP contribution in [0.25, 0.3) is 103 Å². The number of rotatable bonds is 4. The van der Waals surface area contributed by atoms with E-state index >= 15 is 0 Å². The number of benzene rings is 7. The fourth-order valence-electron chi connectivity index (χ4n) is 8.84. The summed E-state index contributed by atoms with van der Waals surface area (Å²) < 4.78 is 9.22. The van der Waals surface area contributed by atoms with Gasteiger partial charge in [-0.05, 0) is 76.7 Å². The van der Waals surface area contributed by atoms with Crippen molar-refractivity contribution in [1.29, 1.82) is 0 Å². The number of nitrogens with zero attached hydrogens (tertiary/aromatic N) is 2. The van der Waals surface area contributed by atoms with Gasteiger partial charge in [-0.2, -0.15) is 0 Å². The summed E-state index contributed by atoms with van der Waals surface area (Å²) in [6.45, 7) is 0. The lowest BCUT2D eigenvalue weighted by Gasteiger charge is -2.17. The van der Waals surface area contributed by atoms with E-state index in [-0.39, 0.29) is 0 Å². The van der Waals surface area contributed by atoms with Crippen molar-refractivity contribution in [2.75, 3.05) is 0 Å². The Morgan fingerprint density at radius 3 is 2.17 bits per heavy atom. The number of allylic oxidation sites excluding steroid dienone is 4. The summed E-state index contributed by atoms with van der Waals surface area (Å²) in [4.78, 5) is 10.6. The Morgan fingerprint density at radius 2 is 1.28 bits per heavy atom. The van der Waals surface area contributed by atoms with Gasteiger partial charge in [0, 0.05) is 64.3 Å². The first-order valence-electron chi connectivity index (χ1n) is 18.5. The molecular weight excluding hydrogens is 677 g/mol. The van der Waals surface area contributed by atoms with Crippen LogP contribution in [0.4, 0.5) is 0 Å². The Hall–Kier alpha value is -6.62. The van der Waals surface area contributed by atoms with E-state index in [0.29, 0.717) is 5.92 Å². The maximum absolute atomic E-state index is 6.68. The minimum absolute atomic E-state index is 0.334. The molecule has 10 aromatic rings. The van der Waals surface area contributed by atoms with E-state index in [2.05, 4.69) is 164 Å². The van der Waals surface area contributed by atoms with Gasteiger partial charge in [0.1, 0.15) is 11.2 Å². The highest BCUT2D eigenvalue weighted by Crippen LogP contribution is 2.51. The maximum Gasteiger partial charge on any atom is 0.160 e. The van der Waals surface area contributed by atoms with Crippen LogP contribution in [0.5, 0.6) is 0 Å². The van der Waals surface area contributed by atoms with Crippen molar-refractivity contribution in [2.45, 2.75) is 12.3 Å². The average Bonchev–Trinajstić information content (AvgIpc) is 3.92. The van der Waals surface area contributed by atoms with Crippen LogP contribution in [0.2, 0.25) is 0 Å². The van der Waals surface area contributed by atoms with E-state index in [1.807, 2.05) is 11.3 Å². The second kappa shape index (κ2) is 11.4. The number of thiophene rings is 1. The molecule has 0 aliphatic heterocycles. The second-order valence-corrected chi connectivity index (χ2v) is 15.5. The van der Waals surface area contributed by atoms with Crippen molar-refractivity contribution >= 4 is 69.8 Å². The Kier molecular flexibility index (Phi) is 6.33. The molecular formula is C50H30N2OS. The molecule has 3 aromatic heterocycles. The first-order valence-corrected chi connectivity index (χ1v) is 19.3. The highest BCUT2D eigenvalue weighted by atomic mass is 32.1. The van der Waals surface area contributed by atoms with E-state index in [0.717, 1.165) is 67.7 Å². The molecule has 0 saturated heterocycles. The lowest BCUT2D eigenvalue weighted by Crippen LogP contribution is -2.03. The van der Waals surface area contributed by atoms with Gasteiger partial charge in [-0.3, -0.25) is 0 Å². The lowest BCUT2D eigenvalue weighted by atomic mass is 9.90. The number of aromatic nitrogens is 2. The third-order valence-corrected chi connectivity index (χ3v) is 12.5. The molecule has 0 bridgehead atoms. The summed E-state index contributed by atoms with van der Waals surface area (Å²) in [5, 5.41) is 7.14. The molecule has 54 heavy (non-hydrogen) atoms. The zero-order chi connectivity index (χ0) is 35.3. The van der Waals surface area contributed by atoms with Gasteiger partial charge in [0.05, 0.1) is 11.4 Å². The molecule has 3 nitrogen and oxygen atoms in total. The maximum atomic E-state index is 6.68. The summed E-state index contributed by atoms with van der Waals surface area (Å²) in [6.07, 6.45) is 7.71. The van der Waals surface area contributed by atoms with E-state index in [1.54, 1.807) is 0 Å². The predicted octanol–water partition coefficient (Wildman–Crippen LogP) is 14.0. The monoisotopic (exact) mass is 706 g/mol. The van der Waals surface area contributed by atoms with E-state index < -0.39 is 0 Å². The molecule has 3 heterocycles. The van der Waals surface area contributed by atoms with Gasteiger partial charge >= 0.3 is 0 Å². The zero-order valence-electron chi connectivity index (χ0n) is 29.1. The van der Waals surface area contributed by atoms with Gasteiger partial charge < -0.3 is 4.42 Å². The molecule has 1 unspecified atom stereocenters. The van der Waals surface area contributed by atoms with Crippen molar-refractivity contribution in [1.82, 2.24) is 9.97 Å². The molecule has 0 radical (unpaired) electrons. The van der Waals surface area contributed by atoms with E-state index in [1.165, 1.54) is 53.4 Å². The Labute approximate surface area is 315 Å². The zero-order valence-corrected chi connectivity index (χ0v) is 29.9. The Bertz CT molecular complexity index is 3260. The SMILES string of the molecule is C1=CC(c2ccccc2)CC=C1c1nc(-c2ccc3oc4c5cccc6c5c(cc4c3c2)-c2ccccc2-6)cc(-c2cccc3sc4ccccc4c23)n1. The fraction of sp³-hybridized carbons (Fsp3) is 0.0400. The molecule has 7 aromatic carbocycles. The summed E-state index contributed by atoms with van der Waals surface area (Å²) >= 11 is 1.83. The second-order valence-electron chi connectivity index (χ2n) is 14.4. The van der Waals surface area contributed by atoms with Gasteiger partial charge in [0.25, 0.3) is 0 Å². The quantitative estimate of drug-likeness (QED) is 0.183. The van der Waals surface area contributed by atoms with Crippen molar-refractivity contribution in [3.05, 3.63) is 175 Å². The smallest absolute Gasteiger partial charge is 0.160 e. The van der Waals surface area contributed by atoms with Gasteiger partial charge in [-0.1, -0.05) is 121 Å². The molecule has 0 saturated carbocycles. The van der Waals surface area contributed by atoms with Gasteiger partial charge in [0.2, 0.25) is 0 Å². The van der Waals surface area contributed by atoms with Crippen molar-refractivity contribution in [2.24, 2.45) is 0 Å². The molecule has 0 spiro atoms. The van der Waals surface area contributed by atoms with Gasteiger partial charge in [0.15, 0.2) is 5.82 Å². The molecule has 0 amide bonds. The summed E-state index contributed by atoms with van der Waals surface area (Å²) in [5.41, 5.74) is 13.2. The summed E-state index contributed by atoms with van der Waals surface area (Å²) in [5.74, 6) is 1.07. The highest BCUT2D eigenvalue weighted by molar-refractivity contribution is 7.25. The molecule has 2 aliphatic rings. The van der Waals surface area contributed by atoms with Crippen LogP contribution in [-0.2, 0) is 0 Å². The fourth-order valence-corrected chi connectivity index (χ4v) is 9.97. The number of fused-ring (bicyclic) bond motifs is 10. The molecule has 12 rings (SSSR count). The normalized spacial score (nSPS) is 14.8. The highest BCUT2D eigenvalue weighted by Gasteiger charge is 2.25. The lowest BCUT2D eigenvalue weighted by molar-refractivity contribution is 0.673. The van der Waals surface area contributed by atoms with Crippen LogP contribution in [0.3, 0.4) is 0 Å². The van der Waals surface area contributed by atoms with E-state index in [4.69, 9.17) is 14.4 Å². The Morgan fingerprint density at radius 1 is 0.537 bits per heavy atom. The molecule has 252 valence electrons. The molecule has 0 fully saturated rings. The third kappa shape index (κ3) is 4.41. The van der Waals surface area contributed by atoms with Crippen LogP contribution < -0.4 is 0 Å². The molecule has 2 aliphatic carbocycles. The number of hydrogen-bond donors (Lipinski definition) is 0. The molecule has 4 heteroatoms. The summed E-state index contributed by atoms with van der Waals surface area (Å²) in [6, 6.07) is 52.3. The standard InChI is InChI=1S/C50H30N2OS/c1-2-10-29(11-3-1)30-20-22-31(23-21-30)50-51-42(28-43(52-50)36-16-9-19-46-48(36)37-14-6-7-18-45(37)54-46)32-24-25-44-39(26-32)41-27-40-34-13-5-4-12-33(34)35-15-8-17-38(47(35)40)49(41)53-44/h1-20,22-28,30H,21H2. The van der Waals surface area contributed by atoms with Crippen LogP contribution >= 0.6 is 11.3 Å². The van der Waals surface area contributed by atoms with Crippen LogP contribution in [0.15, 0.2) is 168 Å². The van der Waals surface area contributed by atoms with Crippen LogP contribution in [0.1, 0.15) is 23.7 Å². The minimum Gasteiger partial charge on any atom is -0.455 e. The first-order chi connectivity index (χ1) is 26.7. The predicted molar refractivity (Wildman–Crippen MR) is 226 cm³/mol. The summed E-state index contributed by atoms with van der Waals surface area (Å²) in [7, 11) is 0. The topological polar surface area (TPSA) is 38.9 Å². The van der Waals surface area contributed by atoms with Gasteiger partial charge in [-0.15, -0.1) is 11.3 Å². The third-order valence-electron chi connectivity index (χ3n) is 11.4. The van der Waals surface area contributed by atoms with Crippen LogP contribution in [0, 0.1) is 0 Å². The van der Waals surface area contributed by atoms with Crippen molar-refractivity contribution < 1.29 is 4.42 Å². The first kappa shape index (κ1) is 29.9. The average molecular weight is 707 g/mol. The largest absolute Gasteiger partial charge is 0.455 e. The molecule has 0 N–H and O–H groups in total. The van der Waals surface area contributed by atoms with E-state index in [9.17, 15) is 0 Å². The van der Waals surface area contributed by atoms with Crippen molar-refractivity contribution in [3.8, 4) is 44.8 Å². The minimum atomic E-state index is 0.334. The van der Waals surface area contributed by atoms with Crippen molar-refractivity contribution in [3.63, 3.8) is 0 Å². The Balaban J connectivity index is 1.06. The van der Waals surface area contributed by atoms with Gasteiger partial charge in [-0.25, -0.2) is 9.97 Å². The molecule has 1 atom stereocenters. The number of furan rings is 1. The number of hydrogen-bond acceptors (Lipinski definition) is 4.